The summed E-state index contributed by atoms with van der Waals surface area (Å²) < 4.78 is 0. The van der Waals surface area contributed by atoms with Crippen molar-refractivity contribution >= 4 is 6.29 Å². The summed E-state index contributed by atoms with van der Waals surface area (Å²) in [6, 6.07) is 0. The fourth-order valence-corrected chi connectivity index (χ4v) is 3.40. The molecule has 2 rings (SSSR count). The van der Waals surface area contributed by atoms with E-state index in [0.29, 0.717) is 5.41 Å². The number of hydrogen-bond acceptors (Lipinski definition) is 1. The molecule has 2 fully saturated rings. The van der Waals surface area contributed by atoms with Crippen LogP contribution in [0.15, 0.2) is 0 Å². The number of carbonyl (C=O) groups excluding carboxylic acids is 1. The number of rotatable bonds is 3. The molecule has 0 amide bonds. The third-order valence-electron chi connectivity index (χ3n) is 4.44. The molecule has 2 aliphatic rings. The van der Waals surface area contributed by atoms with E-state index >= 15 is 0 Å². The Labute approximate surface area is 87.3 Å². The van der Waals surface area contributed by atoms with Crippen LogP contribution in [0.4, 0.5) is 0 Å². The van der Waals surface area contributed by atoms with Crippen LogP contribution >= 0.6 is 0 Å². The molecule has 2 saturated carbocycles. The van der Waals surface area contributed by atoms with Crippen LogP contribution in [-0.4, -0.2) is 6.29 Å². The molecule has 0 radical (unpaired) electrons. The molecule has 0 aliphatic heterocycles. The van der Waals surface area contributed by atoms with Gasteiger partial charge in [0.2, 0.25) is 0 Å². The maximum Gasteiger partial charge on any atom is 0.126 e. The zero-order chi connectivity index (χ0) is 10.1. The van der Waals surface area contributed by atoms with Gasteiger partial charge in [-0.25, -0.2) is 0 Å². The smallest absolute Gasteiger partial charge is 0.126 e. The molecule has 2 aliphatic carbocycles. The van der Waals surface area contributed by atoms with Gasteiger partial charge in [-0.1, -0.05) is 32.6 Å². The molecular formula is C13H22O. The van der Waals surface area contributed by atoms with Gasteiger partial charge in [-0.3, -0.25) is 0 Å². The molecule has 1 nitrogen and oxygen atoms in total. The van der Waals surface area contributed by atoms with E-state index in [0.717, 1.165) is 12.8 Å². The monoisotopic (exact) mass is 194 g/mol. The molecule has 0 aromatic rings. The largest absolute Gasteiger partial charge is 0.303 e. The van der Waals surface area contributed by atoms with Crippen LogP contribution in [0.2, 0.25) is 0 Å². The molecule has 0 saturated heterocycles. The van der Waals surface area contributed by atoms with Gasteiger partial charge in [-0.15, -0.1) is 0 Å². The Hall–Kier alpha value is -0.330. The van der Waals surface area contributed by atoms with Gasteiger partial charge in [0.1, 0.15) is 6.29 Å². The molecule has 80 valence electrons. The Balaban J connectivity index is 2.00. The van der Waals surface area contributed by atoms with Gasteiger partial charge in [0, 0.05) is 5.41 Å². The lowest BCUT2D eigenvalue weighted by molar-refractivity contribution is -0.121. The van der Waals surface area contributed by atoms with E-state index in [1.807, 2.05) is 0 Å². The summed E-state index contributed by atoms with van der Waals surface area (Å²) in [4.78, 5) is 11.3. The minimum atomic E-state index is 0.0768. The molecule has 0 atom stereocenters. The zero-order valence-corrected chi connectivity index (χ0v) is 9.35. The second kappa shape index (κ2) is 3.67. The van der Waals surface area contributed by atoms with E-state index in [1.165, 1.54) is 51.2 Å². The topological polar surface area (TPSA) is 17.1 Å². The van der Waals surface area contributed by atoms with Gasteiger partial charge < -0.3 is 4.79 Å². The quantitative estimate of drug-likeness (QED) is 0.626. The van der Waals surface area contributed by atoms with E-state index in [-0.39, 0.29) is 5.41 Å². The fourth-order valence-electron chi connectivity index (χ4n) is 3.40. The van der Waals surface area contributed by atoms with Gasteiger partial charge in [-0.05, 0) is 37.5 Å². The van der Waals surface area contributed by atoms with Crippen molar-refractivity contribution < 1.29 is 4.79 Å². The van der Waals surface area contributed by atoms with Gasteiger partial charge in [0.15, 0.2) is 0 Å². The van der Waals surface area contributed by atoms with Crippen molar-refractivity contribution in [3.63, 3.8) is 0 Å². The van der Waals surface area contributed by atoms with Crippen LogP contribution in [0.25, 0.3) is 0 Å². The predicted octanol–water partition coefficient (Wildman–Crippen LogP) is 3.72. The van der Waals surface area contributed by atoms with Crippen molar-refractivity contribution in [2.45, 2.75) is 64.7 Å². The van der Waals surface area contributed by atoms with Crippen LogP contribution in [-0.2, 0) is 4.79 Å². The van der Waals surface area contributed by atoms with E-state index in [2.05, 4.69) is 6.92 Å². The third-order valence-corrected chi connectivity index (χ3v) is 4.44. The Morgan fingerprint density at radius 1 is 1.00 bits per heavy atom. The summed E-state index contributed by atoms with van der Waals surface area (Å²) in [5.41, 5.74) is 0.589. The summed E-state index contributed by atoms with van der Waals surface area (Å²) >= 11 is 0. The SMILES string of the molecule is CC1(CC2(C=O)CCCCC2)CCC1. The Morgan fingerprint density at radius 2 is 1.64 bits per heavy atom. The van der Waals surface area contributed by atoms with Crippen molar-refractivity contribution in [2.24, 2.45) is 10.8 Å². The van der Waals surface area contributed by atoms with Gasteiger partial charge in [0.25, 0.3) is 0 Å². The summed E-state index contributed by atoms with van der Waals surface area (Å²) in [6.07, 6.45) is 12.7. The summed E-state index contributed by atoms with van der Waals surface area (Å²) in [5, 5.41) is 0. The highest BCUT2D eigenvalue weighted by atomic mass is 16.1. The summed E-state index contributed by atoms with van der Waals surface area (Å²) in [7, 11) is 0. The molecule has 14 heavy (non-hydrogen) atoms. The Morgan fingerprint density at radius 3 is 2.07 bits per heavy atom. The second-order valence-electron chi connectivity index (χ2n) is 5.88. The third kappa shape index (κ3) is 1.87. The second-order valence-corrected chi connectivity index (χ2v) is 5.88. The van der Waals surface area contributed by atoms with Crippen LogP contribution in [0, 0.1) is 10.8 Å². The minimum Gasteiger partial charge on any atom is -0.303 e. The van der Waals surface area contributed by atoms with Crippen molar-refractivity contribution in [1.29, 1.82) is 0 Å². The van der Waals surface area contributed by atoms with Crippen molar-refractivity contribution in [3.05, 3.63) is 0 Å². The number of hydrogen-bond donors (Lipinski definition) is 0. The van der Waals surface area contributed by atoms with E-state index < -0.39 is 0 Å². The standard InChI is InChI=1S/C13H22O/c1-12(6-5-7-12)10-13(11-14)8-3-2-4-9-13/h11H,2-10H2,1H3. The lowest BCUT2D eigenvalue weighted by Crippen LogP contribution is -2.36. The van der Waals surface area contributed by atoms with Crippen molar-refractivity contribution in [2.75, 3.05) is 0 Å². The Kier molecular flexibility index (Phi) is 2.68. The van der Waals surface area contributed by atoms with Gasteiger partial charge in [-0.2, -0.15) is 0 Å². The summed E-state index contributed by atoms with van der Waals surface area (Å²) in [6.45, 7) is 2.37. The average Bonchev–Trinajstić information content (AvgIpc) is 2.17. The molecule has 0 unspecified atom stereocenters. The van der Waals surface area contributed by atoms with Gasteiger partial charge >= 0.3 is 0 Å². The lowest BCUT2D eigenvalue weighted by Gasteiger charge is -2.46. The predicted molar refractivity (Wildman–Crippen MR) is 58.2 cm³/mol. The maximum atomic E-state index is 11.3. The highest BCUT2D eigenvalue weighted by Crippen LogP contribution is 2.51. The average molecular weight is 194 g/mol. The fraction of sp³-hybridized carbons (Fsp3) is 0.923. The summed E-state index contributed by atoms with van der Waals surface area (Å²) in [5.74, 6) is 0. The minimum absolute atomic E-state index is 0.0768. The van der Waals surface area contributed by atoms with Crippen molar-refractivity contribution in [1.82, 2.24) is 0 Å². The first-order valence-corrected chi connectivity index (χ1v) is 6.15. The van der Waals surface area contributed by atoms with Gasteiger partial charge in [0.05, 0.1) is 0 Å². The van der Waals surface area contributed by atoms with Crippen LogP contribution < -0.4 is 0 Å². The molecule has 0 bridgehead atoms. The Bertz CT molecular complexity index is 209. The molecule has 1 heteroatoms. The molecular weight excluding hydrogens is 172 g/mol. The van der Waals surface area contributed by atoms with E-state index in [4.69, 9.17) is 0 Å². The van der Waals surface area contributed by atoms with Crippen molar-refractivity contribution in [3.8, 4) is 0 Å². The van der Waals surface area contributed by atoms with Crippen LogP contribution in [0.5, 0.6) is 0 Å². The lowest BCUT2D eigenvalue weighted by atomic mass is 9.59. The first kappa shape index (κ1) is 10.2. The number of carbonyl (C=O) groups is 1. The normalized spacial score (nSPS) is 29.2. The van der Waals surface area contributed by atoms with Crippen LogP contribution in [0.1, 0.15) is 64.7 Å². The molecule has 0 aromatic carbocycles. The highest BCUT2D eigenvalue weighted by molar-refractivity contribution is 5.59. The zero-order valence-electron chi connectivity index (χ0n) is 9.35. The maximum absolute atomic E-state index is 11.3. The van der Waals surface area contributed by atoms with E-state index in [9.17, 15) is 4.79 Å². The first-order chi connectivity index (χ1) is 6.68. The van der Waals surface area contributed by atoms with E-state index in [1.54, 1.807) is 0 Å². The molecule has 0 spiro atoms. The highest BCUT2D eigenvalue weighted by Gasteiger charge is 2.42. The molecule has 0 aromatic heterocycles. The van der Waals surface area contributed by atoms with Crippen LogP contribution in [0.3, 0.4) is 0 Å². The number of aldehydes is 1. The molecule has 0 N–H and O–H groups in total. The first-order valence-electron chi connectivity index (χ1n) is 6.15. The molecule has 0 heterocycles.